The van der Waals surface area contributed by atoms with Gasteiger partial charge >= 0.3 is 0 Å². The summed E-state index contributed by atoms with van der Waals surface area (Å²) >= 11 is 0. The molecule has 1 aliphatic rings. The van der Waals surface area contributed by atoms with Crippen LogP contribution in [0, 0.1) is 23.4 Å². The van der Waals surface area contributed by atoms with Crippen LogP contribution < -0.4 is 16.8 Å². The fourth-order valence-corrected chi connectivity index (χ4v) is 4.46. The van der Waals surface area contributed by atoms with Crippen LogP contribution in [0.2, 0.25) is 0 Å². The zero-order valence-corrected chi connectivity index (χ0v) is 18.3. The number of carbonyl (C=O) groups is 1. The van der Waals surface area contributed by atoms with Crippen molar-refractivity contribution >= 4 is 17.3 Å². The summed E-state index contributed by atoms with van der Waals surface area (Å²) in [4.78, 5) is 21.0. The molecule has 0 bridgehead atoms. The maximum absolute atomic E-state index is 14.5. The molecule has 1 saturated carbocycles. The monoisotopic (exact) mass is 473 g/mol. The molecule has 10 heteroatoms. The van der Waals surface area contributed by atoms with Gasteiger partial charge in [-0.1, -0.05) is 13.0 Å². The standard InChI is InChI=1S/C24H24F3N5O2.H2/c1-11-7-12(8-18(29)23(11)33)13-5-6-30-10-19(13)31-24(34)22-17(28)9-16(27)21(32-22)20-14(25)3-2-4-15(20)26;/h2-6,9-12,18,23,33H,7-8,28-29H2,1H3,(H,31,34);1H/t11-,12+,18+,23+;/m0./s1. The van der Waals surface area contributed by atoms with E-state index in [9.17, 15) is 23.1 Å². The van der Waals surface area contributed by atoms with E-state index in [4.69, 9.17) is 11.5 Å². The molecule has 1 aromatic carbocycles. The lowest BCUT2D eigenvalue weighted by Gasteiger charge is -2.36. The van der Waals surface area contributed by atoms with Gasteiger partial charge in [0.1, 0.15) is 17.3 Å². The molecule has 0 spiro atoms. The van der Waals surface area contributed by atoms with Gasteiger partial charge in [0.2, 0.25) is 0 Å². The van der Waals surface area contributed by atoms with Crippen LogP contribution in [0.25, 0.3) is 11.3 Å². The first-order valence-corrected chi connectivity index (χ1v) is 10.8. The van der Waals surface area contributed by atoms with Crippen LogP contribution in [-0.2, 0) is 0 Å². The molecule has 34 heavy (non-hydrogen) atoms. The van der Waals surface area contributed by atoms with Crippen LogP contribution in [0.3, 0.4) is 0 Å². The fraction of sp³-hybridized carbons (Fsp3) is 0.292. The molecule has 4 rings (SSSR count). The first-order valence-electron chi connectivity index (χ1n) is 10.8. The van der Waals surface area contributed by atoms with Gasteiger partial charge in [0.05, 0.1) is 29.2 Å². The van der Waals surface area contributed by atoms with E-state index in [-0.39, 0.29) is 18.9 Å². The van der Waals surface area contributed by atoms with E-state index in [1.165, 1.54) is 6.20 Å². The Morgan fingerprint density at radius 3 is 2.56 bits per heavy atom. The Morgan fingerprint density at radius 1 is 1.18 bits per heavy atom. The number of nitrogen functional groups attached to an aromatic ring is 1. The van der Waals surface area contributed by atoms with Gasteiger partial charge in [-0.25, -0.2) is 18.2 Å². The molecule has 1 aliphatic carbocycles. The van der Waals surface area contributed by atoms with Crippen LogP contribution in [-0.4, -0.2) is 33.1 Å². The number of hydrogen-bond donors (Lipinski definition) is 4. The van der Waals surface area contributed by atoms with E-state index in [2.05, 4.69) is 15.3 Å². The van der Waals surface area contributed by atoms with Crippen molar-refractivity contribution in [2.45, 2.75) is 37.8 Å². The molecule has 180 valence electrons. The second-order valence-electron chi connectivity index (χ2n) is 8.57. The number of rotatable bonds is 4. The second-order valence-corrected chi connectivity index (χ2v) is 8.57. The number of amides is 1. The number of nitrogens with one attached hydrogen (secondary N) is 1. The third kappa shape index (κ3) is 4.46. The van der Waals surface area contributed by atoms with Crippen molar-refractivity contribution in [1.82, 2.24) is 9.97 Å². The maximum Gasteiger partial charge on any atom is 0.276 e. The minimum atomic E-state index is -1.07. The molecule has 1 fully saturated rings. The Morgan fingerprint density at radius 2 is 1.88 bits per heavy atom. The predicted octanol–water partition coefficient (Wildman–Crippen LogP) is 3.84. The fourth-order valence-electron chi connectivity index (χ4n) is 4.46. The van der Waals surface area contributed by atoms with Crippen LogP contribution in [0.15, 0.2) is 42.7 Å². The lowest BCUT2D eigenvalue weighted by molar-refractivity contribution is 0.0521. The highest BCUT2D eigenvalue weighted by atomic mass is 19.1. The number of nitrogens with two attached hydrogens (primary N) is 2. The van der Waals surface area contributed by atoms with Gasteiger partial charge in [-0.2, -0.15) is 0 Å². The third-order valence-electron chi connectivity index (χ3n) is 6.20. The number of aliphatic hydroxyl groups is 1. The van der Waals surface area contributed by atoms with Gasteiger partial charge in [-0.3, -0.25) is 9.78 Å². The number of benzene rings is 1. The Balaban J connectivity index is 0.00000342. The molecule has 6 N–H and O–H groups in total. The average Bonchev–Trinajstić information content (AvgIpc) is 2.78. The number of halogens is 3. The molecule has 4 atom stereocenters. The first kappa shape index (κ1) is 23.7. The summed E-state index contributed by atoms with van der Waals surface area (Å²) in [6.45, 7) is 1.91. The highest BCUT2D eigenvalue weighted by Gasteiger charge is 2.34. The summed E-state index contributed by atoms with van der Waals surface area (Å²) < 4.78 is 43.0. The largest absolute Gasteiger partial charge is 0.397 e. The number of hydrogen-bond acceptors (Lipinski definition) is 6. The van der Waals surface area contributed by atoms with E-state index in [1.807, 2.05) is 6.92 Å². The van der Waals surface area contributed by atoms with Crippen molar-refractivity contribution in [2.24, 2.45) is 11.7 Å². The van der Waals surface area contributed by atoms with Gasteiger partial charge in [-0.15, -0.1) is 0 Å². The number of anilines is 2. The minimum absolute atomic E-state index is 0. The van der Waals surface area contributed by atoms with E-state index >= 15 is 0 Å². The predicted molar refractivity (Wildman–Crippen MR) is 123 cm³/mol. The van der Waals surface area contributed by atoms with Gasteiger partial charge in [0.25, 0.3) is 5.91 Å². The van der Waals surface area contributed by atoms with Gasteiger partial charge in [0, 0.05) is 19.7 Å². The maximum atomic E-state index is 14.5. The van der Waals surface area contributed by atoms with E-state index in [0.29, 0.717) is 18.5 Å². The summed E-state index contributed by atoms with van der Waals surface area (Å²) in [5, 5.41) is 12.8. The second kappa shape index (κ2) is 9.40. The lowest BCUT2D eigenvalue weighted by Crippen LogP contribution is -2.44. The minimum Gasteiger partial charge on any atom is -0.397 e. The Kier molecular flexibility index (Phi) is 6.54. The molecule has 0 saturated heterocycles. The number of carbonyl (C=O) groups excluding carboxylic acids is 1. The summed E-state index contributed by atoms with van der Waals surface area (Å²) in [6, 6.07) is 5.19. The van der Waals surface area contributed by atoms with Crippen molar-refractivity contribution in [3.63, 3.8) is 0 Å². The zero-order valence-electron chi connectivity index (χ0n) is 18.3. The van der Waals surface area contributed by atoms with E-state index in [1.54, 1.807) is 12.3 Å². The van der Waals surface area contributed by atoms with Gasteiger partial charge < -0.3 is 21.9 Å². The molecule has 0 aliphatic heterocycles. The quantitative estimate of drug-likeness (QED) is 0.456. The topological polar surface area (TPSA) is 127 Å². The molecule has 7 nitrogen and oxygen atoms in total. The highest BCUT2D eigenvalue weighted by molar-refractivity contribution is 6.06. The third-order valence-corrected chi connectivity index (χ3v) is 6.20. The van der Waals surface area contributed by atoms with Crippen LogP contribution >= 0.6 is 0 Å². The van der Waals surface area contributed by atoms with Crippen molar-refractivity contribution in [2.75, 3.05) is 11.1 Å². The number of aliphatic hydroxyl groups excluding tert-OH is 1. The average molecular weight is 473 g/mol. The molecule has 2 aromatic heterocycles. The summed E-state index contributed by atoms with van der Waals surface area (Å²) in [5.74, 6) is -4.00. The molecule has 0 radical (unpaired) electrons. The normalized spacial score (nSPS) is 22.4. The van der Waals surface area contributed by atoms with Crippen molar-refractivity contribution in [3.8, 4) is 11.3 Å². The number of nitrogens with zero attached hydrogens (tertiary/aromatic N) is 2. The van der Waals surface area contributed by atoms with Crippen molar-refractivity contribution < 1.29 is 24.5 Å². The lowest BCUT2D eigenvalue weighted by atomic mass is 9.74. The highest BCUT2D eigenvalue weighted by Crippen LogP contribution is 2.38. The zero-order chi connectivity index (χ0) is 24.6. The molecular formula is C24H26F3N5O2. The molecule has 1 amide bonds. The van der Waals surface area contributed by atoms with Gasteiger partial charge in [-0.05, 0) is 48.4 Å². The SMILES string of the molecule is C[C@H]1C[C@@H](c2ccncc2NC(=O)c2nc(-c3c(F)cccc3F)c(F)cc2N)C[C@@H](N)[C@@H]1O.[HH]. The first-order chi connectivity index (χ1) is 16.2. The smallest absolute Gasteiger partial charge is 0.276 e. The summed E-state index contributed by atoms with van der Waals surface area (Å²) in [7, 11) is 0. The van der Waals surface area contributed by atoms with Crippen LogP contribution in [0.4, 0.5) is 24.5 Å². The summed E-state index contributed by atoms with van der Waals surface area (Å²) in [6.07, 6.45) is 3.57. The number of pyridine rings is 2. The Labute approximate surface area is 195 Å². The molecule has 3 aromatic rings. The van der Waals surface area contributed by atoms with Crippen LogP contribution in [0.1, 0.15) is 43.2 Å². The van der Waals surface area contributed by atoms with E-state index < -0.39 is 52.5 Å². The van der Waals surface area contributed by atoms with Crippen LogP contribution in [0.5, 0.6) is 0 Å². The molecule has 2 heterocycles. The van der Waals surface area contributed by atoms with Crippen molar-refractivity contribution in [3.05, 3.63) is 71.4 Å². The van der Waals surface area contributed by atoms with Crippen molar-refractivity contribution in [1.29, 1.82) is 0 Å². The molecular weight excluding hydrogens is 447 g/mol. The van der Waals surface area contributed by atoms with Gasteiger partial charge in [0.15, 0.2) is 11.5 Å². The summed E-state index contributed by atoms with van der Waals surface area (Å²) in [5.41, 5.74) is 11.0. The Bertz CT molecular complexity index is 1210. The molecule has 0 unspecified atom stereocenters. The Hall–Kier alpha value is -3.50. The number of aromatic nitrogens is 2. The van der Waals surface area contributed by atoms with E-state index in [0.717, 1.165) is 29.8 Å².